The smallest absolute Gasteiger partial charge is 0.0886 e. The first-order valence-electron chi connectivity index (χ1n) is 4.39. The van der Waals surface area contributed by atoms with Crippen molar-refractivity contribution in [1.29, 1.82) is 0 Å². The molecule has 0 aliphatic rings. The van der Waals surface area contributed by atoms with E-state index >= 15 is 0 Å². The van der Waals surface area contributed by atoms with Crippen LogP contribution in [-0.2, 0) is 4.74 Å². The molecule has 0 saturated heterocycles. The molecule has 0 saturated carbocycles. The Morgan fingerprint density at radius 3 is 2.33 bits per heavy atom. The van der Waals surface area contributed by atoms with Crippen molar-refractivity contribution in [2.45, 2.75) is 12.1 Å². The summed E-state index contributed by atoms with van der Waals surface area (Å²) in [4.78, 5) is 3.85. The highest BCUT2D eigenvalue weighted by Crippen LogP contribution is 2.30. The molecule has 0 radical (unpaired) electrons. The fraction of sp³-hybridized carbons (Fsp3) is 0.444. The van der Waals surface area contributed by atoms with E-state index in [9.17, 15) is 0 Å². The van der Waals surface area contributed by atoms with Gasteiger partial charge in [-0.05, 0) is 0 Å². The summed E-state index contributed by atoms with van der Waals surface area (Å²) in [5.41, 5.74) is 12.1. The molecule has 2 atom stereocenters. The van der Waals surface area contributed by atoms with Crippen LogP contribution in [0.5, 0.6) is 0 Å². The SMILES string of the molecule is COC(CN)C(N)c1c(Cl)cncc1Cl. The minimum atomic E-state index is -0.456. The van der Waals surface area contributed by atoms with Crippen LogP contribution in [0.25, 0.3) is 0 Å². The average Bonchev–Trinajstić information content (AvgIpc) is 2.19. The van der Waals surface area contributed by atoms with Crippen LogP contribution in [0.15, 0.2) is 12.4 Å². The standard InChI is InChI=1S/C9H13Cl2N3O/c1-15-7(2-12)9(13)8-5(10)3-14-4-6(8)11/h3-4,7,9H,2,12-13H2,1H3. The van der Waals surface area contributed by atoms with Crippen molar-refractivity contribution in [3.63, 3.8) is 0 Å². The van der Waals surface area contributed by atoms with Gasteiger partial charge in [-0.15, -0.1) is 0 Å². The van der Waals surface area contributed by atoms with Crippen LogP contribution in [0.2, 0.25) is 10.0 Å². The summed E-state index contributed by atoms with van der Waals surface area (Å²) in [6, 6.07) is -0.456. The van der Waals surface area contributed by atoms with Crippen LogP contribution in [-0.4, -0.2) is 24.7 Å². The van der Waals surface area contributed by atoms with Crippen molar-refractivity contribution in [1.82, 2.24) is 4.98 Å². The molecular weight excluding hydrogens is 237 g/mol. The van der Waals surface area contributed by atoms with Crippen LogP contribution in [0.3, 0.4) is 0 Å². The molecule has 6 heteroatoms. The largest absolute Gasteiger partial charge is 0.378 e. The van der Waals surface area contributed by atoms with E-state index in [-0.39, 0.29) is 6.10 Å². The number of hydrogen-bond donors (Lipinski definition) is 2. The van der Waals surface area contributed by atoms with E-state index in [4.69, 9.17) is 39.4 Å². The predicted molar refractivity (Wildman–Crippen MR) is 61.0 cm³/mol. The molecule has 1 rings (SSSR count). The summed E-state index contributed by atoms with van der Waals surface area (Å²) < 4.78 is 5.14. The number of hydrogen-bond acceptors (Lipinski definition) is 4. The number of methoxy groups -OCH3 is 1. The Morgan fingerprint density at radius 1 is 1.40 bits per heavy atom. The molecule has 0 aromatic carbocycles. The van der Waals surface area contributed by atoms with Gasteiger partial charge in [-0.2, -0.15) is 0 Å². The fourth-order valence-electron chi connectivity index (χ4n) is 1.32. The van der Waals surface area contributed by atoms with E-state index in [2.05, 4.69) is 4.98 Å². The molecule has 0 spiro atoms. The van der Waals surface area contributed by atoms with Gasteiger partial charge in [-0.3, -0.25) is 4.98 Å². The number of nitrogens with zero attached hydrogens (tertiary/aromatic N) is 1. The Labute approximate surface area is 98.5 Å². The molecule has 84 valence electrons. The van der Waals surface area contributed by atoms with Gasteiger partial charge in [0.2, 0.25) is 0 Å². The molecule has 0 bridgehead atoms. The summed E-state index contributed by atoms with van der Waals surface area (Å²) in [6.07, 6.45) is 2.67. The normalized spacial score (nSPS) is 15.0. The molecule has 2 unspecified atom stereocenters. The second kappa shape index (κ2) is 5.63. The Kier molecular flexibility index (Phi) is 4.76. The minimum Gasteiger partial charge on any atom is -0.378 e. The number of aromatic nitrogens is 1. The molecule has 0 fully saturated rings. The topological polar surface area (TPSA) is 74.2 Å². The monoisotopic (exact) mass is 249 g/mol. The van der Waals surface area contributed by atoms with Gasteiger partial charge in [0.05, 0.1) is 22.2 Å². The molecule has 0 aliphatic carbocycles. The first kappa shape index (κ1) is 12.7. The first-order valence-corrected chi connectivity index (χ1v) is 5.14. The Balaban J connectivity index is 3.04. The maximum Gasteiger partial charge on any atom is 0.0886 e. The van der Waals surface area contributed by atoms with Crippen LogP contribution >= 0.6 is 23.2 Å². The third kappa shape index (κ3) is 2.80. The number of nitrogens with two attached hydrogens (primary N) is 2. The third-order valence-corrected chi connectivity index (χ3v) is 2.76. The first-order chi connectivity index (χ1) is 7.11. The molecule has 0 amide bonds. The molecule has 4 nitrogen and oxygen atoms in total. The number of rotatable bonds is 4. The fourth-order valence-corrected chi connectivity index (χ4v) is 1.93. The second-order valence-electron chi connectivity index (χ2n) is 3.05. The van der Waals surface area contributed by atoms with Crippen LogP contribution in [0, 0.1) is 0 Å². The van der Waals surface area contributed by atoms with Crippen molar-refractivity contribution < 1.29 is 4.74 Å². The van der Waals surface area contributed by atoms with Gasteiger partial charge in [0, 0.05) is 31.6 Å². The molecule has 15 heavy (non-hydrogen) atoms. The lowest BCUT2D eigenvalue weighted by molar-refractivity contribution is 0.0872. The molecule has 1 aromatic rings. The zero-order valence-corrected chi connectivity index (χ0v) is 9.79. The quantitative estimate of drug-likeness (QED) is 0.846. The molecule has 1 aromatic heterocycles. The van der Waals surface area contributed by atoms with Gasteiger partial charge in [0.15, 0.2) is 0 Å². The van der Waals surface area contributed by atoms with E-state index in [0.29, 0.717) is 22.2 Å². The molecule has 1 heterocycles. The summed E-state index contributed by atoms with van der Waals surface area (Å²) in [6.45, 7) is 0.298. The highest BCUT2D eigenvalue weighted by Gasteiger charge is 2.22. The van der Waals surface area contributed by atoms with Crippen LogP contribution in [0.4, 0.5) is 0 Å². The highest BCUT2D eigenvalue weighted by molar-refractivity contribution is 6.35. The summed E-state index contributed by atoms with van der Waals surface area (Å²) in [5, 5.41) is 0.844. The predicted octanol–water partition coefficient (Wildman–Crippen LogP) is 1.36. The van der Waals surface area contributed by atoms with Crippen molar-refractivity contribution in [3.05, 3.63) is 28.0 Å². The van der Waals surface area contributed by atoms with E-state index in [1.165, 1.54) is 12.4 Å². The van der Waals surface area contributed by atoms with Crippen molar-refractivity contribution in [3.8, 4) is 0 Å². The lowest BCUT2D eigenvalue weighted by Gasteiger charge is -2.22. The highest BCUT2D eigenvalue weighted by atomic mass is 35.5. The van der Waals surface area contributed by atoms with Gasteiger partial charge in [0.1, 0.15) is 0 Å². The maximum absolute atomic E-state index is 5.96. The lowest BCUT2D eigenvalue weighted by Crippen LogP contribution is -2.35. The zero-order chi connectivity index (χ0) is 11.4. The lowest BCUT2D eigenvalue weighted by atomic mass is 10.0. The van der Waals surface area contributed by atoms with Crippen LogP contribution < -0.4 is 11.5 Å². The van der Waals surface area contributed by atoms with Gasteiger partial charge in [0.25, 0.3) is 0 Å². The summed E-state index contributed by atoms with van der Waals surface area (Å²) in [7, 11) is 1.54. The summed E-state index contributed by atoms with van der Waals surface area (Å²) >= 11 is 11.9. The van der Waals surface area contributed by atoms with E-state index in [1.54, 1.807) is 7.11 Å². The van der Waals surface area contributed by atoms with Gasteiger partial charge >= 0.3 is 0 Å². The molecule has 4 N–H and O–H groups in total. The van der Waals surface area contributed by atoms with Gasteiger partial charge in [-0.1, -0.05) is 23.2 Å². The minimum absolute atomic E-state index is 0.298. The van der Waals surface area contributed by atoms with Gasteiger partial charge < -0.3 is 16.2 Å². The van der Waals surface area contributed by atoms with E-state index < -0.39 is 6.04 Å². The van der Waals surface area contributed by atoms with E-state index in [0.717, 1.165) is 0 Å². The number of pyridine rings is 1. The Morgan fingerprint density at radius 2 is 1.93 bits per heavy atom. The number of halogens is 2. The Hall–Kier alpha value is -0.390. The van der Waals surface area contributed by atoms with Crippen molar-refractivity contribution >= 4 is 23.2 Å². The second-order valence-corrected chi connectivity index (χ2v) is 3.87. The van der Waals surface area contributed by atoms with Crippen molar-refractivity contribution in [2.24, 2.45) is 11.5 Å². The average molecular weight is 250 g/mol. The zero-order valence-electron chi connectivity index (χ0n) is 8.28. The van der Waals surface area contributed by atoms with E-state index in [1.807, 2.05) is 0 Å². The van der Waals surface area contributed by atoms with Gasteiger partial charge in [-0.25, -0.2) is 0 Å². The third-order valence-electron chi connectivity index (χ3n) is 2.16. The molecular formula is C9H13Cl2N3O. The maximum atomic E-state index is 5.96. The summed E-state index contributed by atoms with van der Waals surface area (Å²) in [5.74, 6) is 0. The van der Waals surface area contributed by atoms with Crippen LogP contribution in [0.1, 0.15) is 11.6 Å². The Bertz CT molecular complexity index is 311. The van der Waals surface area contributed by atoms with Crippen molar-refractivity contribution in [2.75, 3.05) is 13.7 Å². The molecule has 0 aliphatic heterocycles. The number of ether oxygens (including phenoxy) is 1.